The van der Waals surface area contributed by atoms with Gasteiger partial charge in [0.2, 0.25) is 5.95 Å². The summed E-state index contributed by atoms with van der Waals surface area (Å²) >= 11 is 0. The first kappa shape index (κ1) is 10.8. The van der Waals surface area contributed by atoms with E-state index in [-0.39, 0.29) is 0 Å². The lowest BCUT2D eigenvalue weighted by Crippen LogP contribution is -1.95. The molecule has 0 unspecified atom stereocenters. The zero-order chi connectivity index (χ0) is 12.5. The second kappa shape index (κ2) is 4.14. The Morgan fingerprint density at radius 1 is 1.22 bits per heavy atom. The van der Waals surface area contributed by atoms with Crippen molar-refractivity contribution in [3.63, 3.8) is 0 Å². The molecule has 0 aliphatic heterocycles. The lowest BCUT2D eigenvalue weighted by atomic mass is 10.0. The van der Waals surface area contributed by atoms with Crippen LogP contribution in [0.15, 0.2) is 42.6 Å². The standard InChI is InChI=1S/C14H14N4/c1-10-4-2-5-11(8-10)9-12-6-3-7-18-13(12)16-14(15)17-18/h2-8H,9H2,1H3,(H2,15,17). The summed E-state index contributed by atoms with van der Waals surface area (Å²) < 4.78 is 1.72. The number of nitrogen functional groups attached to an aromatic ring is 1. The van der Waals surface area contributed by atoms with Crippen molar-refractivity contribution in [2.75, 3.05) is 5.73 Å². The number of fused-ring (bicyclic) bond motifs is 1. The highest BCUT2D eigenvalue weighted by atomic mass is 15.3. The van der Waals surface area contributed by atoms with E-state index in [0.717, 1.165) is 17.6 Å². The van der Waals surface area contributed by atoms with Crippen molar-refractivity contribution in [1.82, 2.24) is 14.6 Å². The van der Waals surface area contributed by atoms with Gasteiger partial charge in [0, 0.05) is 18.2 Å². The summed E-state index contributed by atoms with van der Waals surface area (Å²) in [4.78, 5) is 4.26. The Bertz CT molecular complexity index is 700. The van der Waals surface area contributed by atoms with Crippen LogP contribution in [-0.2, 0) is 6.42 Å². The van der Waals surface area contributed by atoms with Gasteiger partial charge in [0.25, 0.3) is 0 Å². The smallest absolute Gasteiger partial charge is 0.240 e. The summed E-state index contributed by atoms with van der Waals surface area (Å²) in [5.41, 5.74) is 10.1. The van der Waals surface area contributed by atoms with Gasteiger partial charge >= 0.3 is 0 Å². The van der Waals surface area contributed by atoms with E-state index in [1.807, 2.05) is 12.3 Å². The number of hydrogen-bond donors (Lipinski definition) is 1. The molecule has 2 heterocycles. The Labute approximate surface area is 105 Å². The van der Waals surface area contributed by atoms with E-state index in [4.69, 9.17) is 5.73 Å². The minimum Gasteiger partial charge on any atom is -0.366 e. The summed E-state index contributed by atoms with van der Waals surface area (Å²) in [5.74, 6) is 0.312. The first-order valence-electron chi connectivity index (χ1n) is 5.88. The number of aromatic nitrogens is 3. The fourth-order valence-electron chi connectivity index (χ4n) is 2.16. The molecule has 2 N–H and O–H groups in total. The number of benzene rings is 1. The van der Waals surface area contributed by atoms with Crippen molar-refractivity contribution < 1.29 is 0 Å². The van der Waals surface area contributed by atoms with E-state index < -0.39 is 0 Å². The number of rotatable bonds is 2. The summed E-state index contributed by atoms with van der Waals surface area (Å²) in [6, 6.07) is 12.5. The third kappa shape index (κ3) is 1.93. The van der Waals surface area contributed by atoms with E-state index in [0.29, 0.717) is 5.95 Å². The molecule has 4 heteroatoms. The van der Waals surface area contributed by atoms with Crippen LogP contribution in [-0.4, -0.2) is 14.6 Å². The predicted octanol–water partition coefficient (Wildman–Crippen LogP) is 2.21. The van der Waals surface area contributed by atoms with E-state index >= 15 is 0 Å². The van der Waals surface area contributed by atoms with E-state index in [9.17, 15) is 0 Å². The SMILES string of the molecule is Cc1cccc(Cc2cccn3nc(N)nc23)c1. The van der Waals surface area contributed by atoms with Crippen molar-refractivity contribution in [1.29, 1.82) is 0 Å². The third-order valence-electron chi connectivity index (χ3n) is 2.94. The molecule has 90 valence electrons. The van der Waals surface area contributed by atoms with Gasteiger partial charge in [-0.15, -0.1) is 5.10 Å². The van der Waals surface area contributed by atoms with Crippen LogP contribution in [0.1, 0.15) is 16.7 Å². The maximum atomic E-state index is 5.63. The molecule has 0 amide bonds. The normalized spacial score (nSPS) is 10.9. The molecule has 0 radical (unpaired) electrons. The van der Waals surface area contributed by atoms with Crippen molar-refractivity contribution in [2.24, 2.45) is 0 Å². The average molecular weight is 238 g/mol. The first-order valence-corrected chi connectivity index (χ1v) is 5.88. The van der Waals surface area contributed by atoms with Crippen LogP contribution in [0.5, 0.6) is 0 Å². The molecule has 0 bridgehead atoms. The van der Waals surface area contributed by atoms with Crippen LogP contribution in [0.3, 0.4) is 0 Å². The summed E-state index contributed by atoms with van der Waals surface area (Å²) in [5, 5.41) is 4.12. The lowest BCUT2D eigenvalue weighted by Gasteiger charge is -2.04. The predicted molar refractivity (Wildman–Crippen MR) is 71.4 cm³/mol. The molecule has 0 fully saturated rings. The van der Waals surface area contributed by atoms with Crippen molar-refractivity contribution in [3.8, 4) is 0 Å². The third-order valence-corrected chi connectivity index (χ3v) is 2.94. The van der Waals surface area contributed by atoms with Crippen molar-refractivity contribution in [2.45, 2.75) is 13.3 Å². The number of anilines is 1. The van der Waals surface area contributed by atoms with E-state index in [1.54, 1.807) is 4.52 Å². The highest BCUT2D eigenvalue weighted by Crippen LogP contribution is 2.15. The molecule has 3 aromatic rings. The fourth-order valence-corrected chi connectivity index (χ4v) is 2.16. The second-order valence-electron chi connectivity index (χ2n) is 4.44. The van der Waals surface area contributed by atoms with Crippen LogP contribution in [0.25, 0.3) is 5.65 Å². The van der Waals surface area contributed by atoms with E-state index in [2.05, 4.69) is 47.3 Å². The molecular formula is C14H14N4. The molecule has 1 aromatic carbocycles. The van der Waals surface area contributed by atoms with Gasteiger partial charge in [-0.05, 0) is 18.6 Å². The van der Waals surface area contributed by atoms with Gasteiger partial charge in [-0.3, -0.25) is 0 Å². The fraction of sp³-hybridized carbons (Fsp3) is 0.143. The van der Waals surface area contributed by atoms with Gasteiger partial charge in [-0.1, -0.05) is 35.9 Å². The van der Waals surface area contributed by atoms with Gasteiger partial charge in [-0.2, -0.15) is 4.98 Å². The van der Waals surface area contributed by atoms with Crippen molar-refractivity contribution >= 4 is 11.6 Å². The summed E-state index contributed by atoms with van der Waals surface area (Å²) in [6.45, 7) is 2.10. The maximum Gasteiger partial charge on any atom is 0.240 e. The van der Waals surface area contributed by atoms with Gasteiger partial charge in [0.05, 0.1) is 0 Å². The molecule has 0 saturated carbocycles. The highest BCUT2D eigenvalue weighted by Gasteiger charge is 2.06. The lowest BCUT2D eigenvalue weighted by molar-refractivity contribution is 0.956. The van der Waals surface area contributed by atoms with Crippen molar-refractivity contribution in [3.05, 3.63) is 59.3 Å². The Balaban J connectivity index is 2.04. The largest absolute Gasteiger partial charge is 0.366 e. The number of hydrogen-bond acceptors (Lipinski definition) is 3. The van der Waals surface area contributed by atoms with Gasteiger partial charge < -0.3 is 5.73 Å². The molecule has 2 aromatic heterocycles. The van der Waals surface area contributed by atoms with Crippen LogP contribution in [0.4, 0.5) is 5.95 Å². The highest BCUT2D eigenvalue weighted by molar-refractivity contribution is 5.51. The summed E-state index contributed by atoms with van der Waals surface area (Å²) in [6.07, 6.45) is 2.70. The number of nitrogens with zero attached hydrogens (tertiary/aromatic N) is 3. The Morgan fingerprint density at radius 2 is 2.11 bits per heavy atom. The molecule has 0 aliphatic rings. The molecule has 18 heavy (non-hydrogen) atoms. The Morgan fingerprint density at radius 3 is 2.94 bits per heavy atom. The number of aryl methyl sites for hydroxylation is 1. The minimum absolute atomic E-state index is 0.312. The summed E-state index contributed by atoms with van der Waals surface area (Å²) in [7, 11) is 0. The van der Waals surface area contributed by atoms with E-state index in [1.165, 1.54) is 11.1 Å². The molecule has 0 atom stereocenters. The van der Waals surface area contributed by atoms with Crippen LogP contribution >= 0.6 is 0 Å². The Hall–Kier alpha value is -2.36. The first-order chi connectivity index (χ1) is 8.72. The van der Waals surface area contributed by atoms with Crippen LogP contribution in [0, 0.1) is 6.92 Å². The maximum absolute atomic E-state index is 5.63. The van der Waals surface area contributed by atoms with Gasteiger partial charge in [0.1, 0.15) is 0 Å². The zero-order valence-corrected chi connectivity index (χ0v) is 10.2. The monoisotopic (exact) mass is 238 g/mol. The van der Waals surface area contributed by atoms with Gasteiger partial charge in [-0.25, -0.2) is 4.52 Å². The molecule has 0 aliphatic carbocycles. The average Bonchev–Trinajstić information content (AvgIpc) is 2.71. The molecule has 0 saturated heterocycles. The molecule has 3 rings (SSSR count). The molecule has 4 nitrogen and oxygen atoms in total. The van der Waals surface area contributed by atoms with Crippen LogP contribution in [0.2, 0.25) is 0 Å². The number of nitrogens with two attached hydrogens (primary N) is 1. The minimum atomic E-state index is 0.312. The van der Waals surface area contributed by atoms with Crippen LogP contribution < -0.4 is 5.73 Å². The Kier molecular flexibility index (Phi) is 2.48. The zero-order valence-electron chi connectivity index (χ0n) is 10.2. The van der Waals surface area contributed by atoms with Gasteiger partial charge in [0.15, 0.2) is 5.65 Å². The molecule has 0 spiro atoms. The second-order valence-corrected chi connectivity index (χ2v) is 4.44. The molecular weight excluding hydrogens is 224 g/mol. The number of pyridine rings is 1. The topological polar surface area (TPSA) is 56.2 Å². The quantitative estimate of drug-likeness (QED) is 0.744.